The van der Waals surface area contributed by atoms with Crippen molar-refractivity contribution < 1.29 is 9.59 Å². The second-order valence-electron chi connectivity index (χ2n) is 5.75. The van der Waals surface area contributed by atoms with Crippen molar-refractivity contribution >= 4 is 53.1 Å². The highest BCUT2D eigenvalue weighted by molar-refractivity contribution is 7.14. The Morgan fingerprint density at radius 2 is 2.22 bits per heavy atom. The van der Waals surface area contributed by atoms with Crippen molar-refractivity contribution in [1.29, 1.82) is 0 Å². The van der Waals surface area contributed by atoms with Gasteiger partial charge >= 0.3 is 0 Å². The molecular formula is C14H22Cl2N4O2S. The first-order valence-electron chi connectivity index (χ1n) is 7.40. The van der Waals surface area contributed by atoms with Gasteiger partial charge in [-0.3, -0.25) is 14.5 Å². The van der Waals surface area contributed by atoms with Crippen molar-refractivity contribution in [2.24, 2.45) is 11.7 Å². The second kappa shape index (κ2) is 8.82. The topological polar surface area (TPSA) is 88.3 Å². The molecular weight excluding hydrogens is 359 g/mol. The van der Waals surface area contributed by atoms with E-state index in [9.17, 15) is 9.59 Å². The van der Waals surface area contributed by atoms with Crippen molar-refractivity contribution in [3.05, 3.63) is 11.1 Å². The Morgan fingerprint density at radius 3 is 2.83 bits per heavy atom. The highest BCUT2D eigenvalue weighted by Gasteiger charge is 2.28. The number of carbonyl (C=O) groups excluding carboxylic acids is 2. The summed E-state index contributed by atoms with van der Waals surface area (Å²) in [6.45, 7) is 1.26. The average molecular weight is 381 g/mol. The Balaban J connectivity index is 0.00000132. The van der Waals surface area contributed by atoms with Gasteiger partial charge in [-0.05, 0) is 25.2 Å². The molecule has 3 N–H and O–H groups in total. The van der Waals surface area contributed by atoms with Crippen LogP contribution in [0, 0.1) is 5.92 Å². The molecule has 2 amide bonds. The lowest BCUT2D eigenvalue weighted by Gasteiger charge is -2.11. The van der Waals surface area contributed by atoms with Crippen LogP contribution in [0.4, 0.5) is 5.13 Å². The van der Waals surface area contributed by atoms with Crippen molar-refractivity contribution in [3.63, 3.8) is 0 Å². The van der Waals surface area contributed by atoms with Crippen LogP contribution in [0.3, 0.4) is 0 Å². The van der Waals surface area contributed by atoms with Crippen molar-refractivity contribution in [2.45, 2.75) is 38.1 Å². The van der Waals surface area contributed by atoms with Crippen molar-refractivity contribution in [1.82, 2.24) is 10.3 Å². The number of nitrogens with zero attached hydrogens (tertiary/aromatic N) is 2. The van der Waals surface area contributed by atoms with Crippen LogP contribution in [-0.4, -0.2) is 35.9 Å². The molecule has 2 heterocycles. The number of halogens is 2. The number of thiazole rings is 1. The number of hydrogen-bond acceptors (Lipinski definition) is 5. The normalized spacial score (nSPS) is 18.1. The number of nitrogens with two attached hydrogens (primary N) is 1. The van der Waals surface area contributed by atoms with E-state index < -0.39 is 0 Å². The molecule has 0 radical (unpaired) electrons. The van der Waals surface area contributed by atoms with Crippen LogP contribution in [0.1, 0.15) is 31.4 Å². The molecule has 1 aliphatic heterocycles. The zero-order chi connectivity index (χ0) is 14.8. The van der Waals surface area contributed by atoms with E-state index in [-0.39, 0.29) is 49.1 Å². The Kier molecular flexibility index (Phi) is 7.73. The highest BCUT2D eigenvalue weighted by atomic mass is 35.5. The molecule has 0 bridgehead atoms. The molecule has 1 atom stereocenters. The van der Waals surface area contributed by atoms with E-state index in [1.807, 2.05) is 5.38 Å². The third kappa shape index (κ3) is 5.31. The van der Waals surface area contributed by atoms with Gasteiger partial charge in [-0.1, -0.05) is 0 Å². The van der Waals surface area contributed by atoms with Gasteiger partial charge in [-0.25, -0.2) is 4.98 Å². The van der Waals surface area contributed by atoms with Crippen LogP contribution in [-0.2, 0) is 16.0 Å². The third-order valence-electron chi connectivity index (χ3n) is 3.95. The number of anilines is 1. The van der Waals surface area contributed by atoms with Gasteiger partial charge in [0.15, 0.2) is 5.13 Å². The van der Waals surface area contributed by atoms with E-state index in [0.29, 0.717) is 29.7 Å². The monoisotopic (exact) mass is 380 g/mol. The minimum atomic E-state index is -0.0595. The first kappa shape index (κ1) is 20.2. The molecule has 0 aromatic carbocycles. The fourth-order valence-electron chi connectivity index (χ4n) is 2.50. The SMILES string of the molecule is Cl.Cl.NC(CNC(=O)Cc1csc(N2CCCC2=O)n1)C1CC1. The average Bonchev–Trinajstić information content (AvgIpc) is 3.08. The highest BCUT2D eigenvalue weighted by Crippen LogP contribution is 2.31. The number of nitrogens with one attached hydrogen (secondary N) is 1. The van der Waals surface area contributed by atoms with Crippen LogP contribution in [0.5, 0.6) is 0 Å². The minimum absolute atomic E-state index is 0. The summed E-state index contributed by atoms with van der Waals surface area (Å²) in [7, 11) is 0. The molecule has 9 heteroatoms. The Hall–Kier alpha value is -0.890. The molecule has 130 valence electrons. The Morgan fingerprint density at radius 1 is 1.48 bits per heavy atom. The molecule has 23 heavy (non-hydrogen) atoms. The summed E-state index contributed by atoms with van der Waals surface area (Å²) in [4.78, 5) is 29.6. The third-order valence-corrected chi connectivity index (χ3v) is 4.86. The summed E-state index contributed by atoms with van der Waals surface area (Å²) in [6.07, 6.45) is 4.07. The molecule has 2 aliphatic rings. The fourth-order valence-corrected chi connectivity index (χ4v) is 3.37. The smallest absolute Gasteiger partial charge is 0.228 e. The van der Waals surface area contributed by atoms with Gasteiger partial charge in [0.05, 0.1) is 12.1 Å². The van der Waals surface area contributed by atoms with E-state index in [1.54, 1.807) is 4.90 Å². The summed E-state index contributed by atoms with van der Waals surface area (Å²) >= 11 is 1.42. The fraction of sp³-hybridized carbons (Fsp3) is 0.643. The van der Waals surface area contributed by atoms with Crippen molar-refractivity contribution in [3.8, 4) is 0 Å². The molecule has 2 fully saturated rings. The van der Waals surface area contributed by atoms with E-state index in [4.69, 9.17) is 5.73 Å². The number of amides is 2. The van der Waals surface area contributed by atoms with Gasteiger partial charge in [0.25, 0.3) is 0 Å². The number of carbonyl (C=O) groups is 2. The predicted octanol–water partition coefficient (Wildman–Crippen LogP) is 1.51. The summed E-state index contributed by atoms with van der Waals surface area (Å²) < 4.78 is 0. The molecule has 0 spiro atoms. The van der Waals surface area contributed by atoms with Gasteiger partial charge in [0, 0.05) is 30.9 Å². The molecule has 1 aliphatic carbocycles. The van der Waals surface area contributed by atoms with Crippen molar-refractivity contribution in [2.75, 3.05) is 18.0 Å². The van der Waals surface area contributed by atoms with E-state index in [1.165, 1.54) is 24.2 Å². The number of hydrogen-bond donors (Lipinski definition) is 2. The summed E-state index contributed by atoms with van der Waals surface area (Å²) in [5.74, 6) is 0.642. The lowest BCUT2D eigenvalue weighted by molar-refractivity contribution is -0.120. The van der Waals surface area contributed by atoms with E-state index >= 15 is 0 Å². The molecule has 1 aromatic heterocycles. The molecule has 1 aromatic rings. The Labute approximate surface area is 152 Å². The van der Waals surface area contributed by atoms with Crippen LogP contribution < -0.4 is 16.0 Å². The zero-order valence-corrected chi connectivity index (χ0v) is 15.1. The lowest BCUT2D eigenvalue weighted by Crippen LogP contribution is -2.39. The molecule has 6 nitrogen and oxygen atoms in total. The van der Waals surface area contributed by atoms with Gasteiger partial charge in [0.1, 0.15) is 0 Å². The van der Waals surface area contributed by atoms with E-state index in [2.05, 4.69) is 10.3 Å². The van der Waals surface area contributed by atoms with Gasteiger partial charge in [-0.2, -0.15) is 0 Å². The summed E-state index contributed by atoms with van der Waals surface area (Å²) in [5.41, 5.74) is 6.67. The second-order valence-corrected chi connectivity index (χ2v) is 6.59. The summed E-state index contributed by atoms with van der Waals surface area (Å²) in [6, 6.07) is 0.0715. The first-order chi connectivity index (χ1) is 10.1. The van der Waals surface area contributed by atoms with Gasteiger partial charge in [-0.15, -0.1) is 36.2 Å². The van der Waals surface area contributed by atoms with Crippen LogP contribution in [0.2, 0.25) is 0 Å². The molecule has 3 rings (SSSR count). The van der Waals surface area contributed by atoms with Gasteiger partial charge < -0.3 is 11.1 Å². The van der Waals surface area contributed by atoms with Crippen LogP contribution in [0.25, 0.3) is 0 Å². The van der Waals surface area contributed by atoms with Crippen LogP contribution >= 0.6 is 36.2 Å². The predicted molar refractivity (Wildman–Crippen MR) is 95.6 cm³/mol. The maximum absolute atomic E-state index is 11.9. The van der Waals surface area contributed by atoms with Crippen LogP contribution in [0.15, 0.2) is 5.38 Å². The maximum atomic E-state index is 11.9. The van der Waals surface area contributed by atoms with E-state index in [0.717, 1.165) is 13.0 Å². The standard InChI is InChI=1S/C14H20N4O2S.2ClH/c15-11(9-3-4-9)7-16-12(19)6-10-8-21-14(17-10)18-5-1-2-13(18)20;;/h8-9,11H,1-7,15H2,(H,16,19);2*1H. The summed E-state index contributed by atoms with van der Waals surface area (Å²) in [5, 5.41) is 5.41. The minimum Gasteiger partial charge on any atom is -0.354 e. The maximum Gasteiger partial charge on any atom is 0.228 e. The zero-order valence-electron chi connectivity index (χ0n) is 12.7. The molecule has 1 unspecified atom stereocenters. The largest absolute Gasteiger partial charge is 0.354 e. The number of aromatic nitrogens is 1. The quantitative estimate of drug-likeness (QED) is 0.782. The number of rotatable bonds is 6. The molecule has 1 saturated carbocycles. The Bertz CT molecular complexity index is 551. The van der Waals surface area contributed by atoms with Gasteiger partial charge in [0.2, 0.25) is 11.8 Å². The lowest BCUT2D eigenvalue weighted by atomic mass is 10.2. The first-order valence-corrected chi connectivity index (χ1v) is 8.28. The molecule has 1 saturated heterocycles.